The molecule has 0 heterocycles. The van der Waals surface area contributed by atoms with Crippen LogP contribution >= 0.6 is 0 Å². The summed E-state index contributed by atoms with van der Waals surface area (Å²) < 4.78 is 0. The van der Waals surface area contributed by atoms with Gasteiger partial charge in [0.15, 0.2) is 0 Å². The van der Waals surface area contributed by atoms with Gasteiger partial charge in [0.25, 0.3) is 0 Å². The molecule has 0 aliphatic heterocycles. The van der Waals surface area contributed by atoms with E-state index >= 15 is 0 Å². The van der Waals surface area contributed by atoms with Gasteiger partial charge >= 0.3 is 0 Å². The van der Waals surface area contributed by atoms with E-state index in [0.717, 1.165) is 28.9 Å². The van der Waals surface area contributed by atoms with Crippen LogP contribution in [0.25, 0.3) is 12.2 Å². The Balaban J connectivity index is 3.15. The second kappa shape index (κ2) is 11.1. The van der Waals surface area contributed by atoms with Gasteiger partial charge in [0.05, 0.1) is 6.10 Å². The molecular formula is C24H36O. The fourth-order valence-electron chi connectivity index (χ4n) is 3.81. The van der Waals surface area contributed by atoms with Gasteiger partial charge in [-0.3, -0.25) is 0 Å². The first-order chi connectivity index (χ1) is 12.0. The zero-order valence-electron chi connectivity index (χ0n) is 16.5. The molecule has 0 saturated heterocycles. The van der Waals surface area contributed by atoms with Crippen LogP contribution in [0.1, 0.15) is 53.4 Å². The Kier molecular flexibility index (Phi) is 9.52. The second-order valence-corrected chi connectivity index (χ2v) is 7.13. The first kappa shape index (κ1) is 21.4. The average molecular weight is 341 g/mol. The summed E-state index contributed by atoms with van der Waals surface area (Å²) in [5.74, 6) is 1.30. The molecule has 0 bridgehead atoms. The molecule has 1 heteroatoms. The number of hydrogen-bond donors (Lipinski definition) is 1. The van der Waals surface area contributed by atoms with Crippen molar-refractivity contribution in [2.24, 2.45) is 17.8 Å². The number of rotatable bonds is 10. The van der Waals surface area contributed by atoms with Crippen LogP contribution in [-0.4, -0.2) is 11.2 Å². The van der Waals surface area contributed by atoms with Crippen LogP contribution in [0.4, 0.5) is 0 Å². The van der Waals surface area contributed by atoms with E-state index in [1.54, 1.807) is 0 Å². The molecule has 0 aliphatic carbocycles. The van der Waals surface area contributed by atoms with Gasteiger partial charge in [-0.1, -0.05) is 82.7 Å². The molecule has 0 amide bonds. The lowest BCUT2D eigenvalue weighted by molar-refractivity contribution is 0.141. The van der Waals surface area contributed by atoms with Crippen LogP contribution in [0, 0.1) is 17.8 Å². The molecule has 0 spiro atoms. The third kappa shape index (κ3) is 6.01. The highest BCUT2D eigenvalue weighted by molar-refractivity contribution is 5.60. The molecule has 3 unspecified atom stereocenters. The highest BCUT2D eigenvalue weighted by atomic mass is 16.3. The minimum absolute atomic E-state index is 0.191. The van der Waals surface area contributed by atoms with E-state index in [0.29, 0.717) is 11.8 Å². The van der Waals surface area contributed by atoms with Crippen LogP contribution in [0.5, 0.6) is 0 Å². The third-order valence-corrected chi connectivity index (χ3v) is 5.25. The van der Waals surface area contributed by atoms with Crippen LogP contribution in [0.15, 0.2) is 49.1 Å². The summed E-state index contributed by atoms with van der Waals surface area (Å²) in [6.07, 6.45) is 10.1. The fraction of sp³-hybridized carbons (Fsp3) is 0.500. The molecule has 0 aliphatic rings. The van der Waals surface area contributed by atoms with Crippen molar-refractivity contribution >= 4 is 12.2 Å². The third-order valence-electron chi connectivity index (χ3n) is 5.25. The average Bonchev–Trinajstić information content (AvgIpc) is 2.61. The Labute approximate surface area is 154 Å². The van der Waals surface area contributed by atoms with E-state index in [1.807, 2.05) is 37.3 Å². The Morgan fingerprint density at radius 1 is 1.24 bits per heavy atom. The summed E-state index contributed by atoms with van der Waals surface area (Å²) >= 11 is 0. The highest BCUT2D eigenvalue weighted by Crippen LogP contribution is 2.31. The van der Waals surface area contributed by atoms with Gasteiger partial charge in [-0.05, 0) is 53.5 Å². The van der Waals surface area contributed by atoms with Gasteiger partial charge in [-0.25, -0.2) is 0 Å². The van der Waals surface area contributed by atoms with Gasteiger partial charge in [-0.2, -0.15) is 0 Å². The lowest BCUT2D eigenvalue weighted by Crippen LogP contribution is -2.32. The molecule has 138 valence electrons. The van der Waals surface area contributed by atoms with E-state index in [9.17, 15) is 5.11 Å². The van der Waals surface area contributed by atoms with Crippen molar-refractivity contribution in [1.29, 1.82) is 0 Å². The molecule has 0 fully saturated rings. The monoisotopic (exact) mass is 340 g/mol. The topological polar surface area (TPSA) is 20.2 Å². The lowest BCUT2D eigenvalue weighted by Gasteiger charge is -2.29. The predicted molar refractivity (Wildman–Crippen MR) is 112 cm³/mol. The zero-order valence-corrected chi connectivity index (χ0v) is 16.5. The number of aliphatic hydroxyl groups excluding tert-OH is 1. The normalized spacial score (nSPS) is 17.8. The SMILES string of the molecule is C=CC(CC)C(CCC)CC(C)[C@@H](O)C(/C=C\C)=c1\ccccc1=C. The Morgan fingerprint density at radius 3 is 2.44 bits per heavy atom. The summed E-state index contributed by atoms with van der Waals surface area (Å²) in [4.78, 5) is 0. The van der Waals surface area contributed by atoms with Crippen LogP contribution in [0.2, 0.25) is 0 Å². The standard InChI is InChI=1S/C24H36O/c1-7-13-21(20(9-3)10-4)17-19(6)24(25)23(14-8-2)22-16-12-11-15-18(22)5/h8-9,11-12,14-16,19-21,24-25H,3,5,7,10,13,17H2,1-2,4,6H3/b14-8-,23-22+/t19?,20?,21?,24-/m1/s1. The molecule has 4 atom stereocenters. The number of aliphatic hydroxyl groups is 1. The van der Waals surface area contributed by atoms with Crippen molar-refractivity contribution in [2.75, 3.05) is 0 Å². The van der Waals surface area contributed by atoms with Crippen molar-refractivity contribution in [3.05, 3.63) is 59.5 Å². The van der Waals surface area contributed by atoms with Crippen molar-refractivity contribution < 1.29 is 5.11 Å². The predicted octanol–water partition coefficient (Wildman–Crippen LogP) is 4.84. The van der Waals surface area contributed by atoms with E-state index in [2.05, 4.69) is 46.1 Å². The van der Waals surface area contributed by atoms with Crippen LogP contribution in [0.3, 0.4) is 0 Å². The fourth-order valence-corrected chi connectivity index (χ4v) is 3.81. The molecule has 25 heavy (non-hydrogen) atoms. The summed E-state index contributed by atoms with van der Waals surface area (Å²) in [6, 6.07) is 8.05. The molecule has 0 aromatic heterocycles. The summed E-state index contributed by atoms with van der Waals surface area (Å²) in [5.41, 5.74) is 0.975. The number of benzene rings is 1. The van der Waals surface area contributed by atoms with E-state index in [1.165, 1.54) is 12.8 Å². The van der Waals surface area contributed by atoms with E-state index < -0.39 is 6.10 Å². The molecule has 0 saturated carbocycles. The van der Waals surface area contributed by atoms with Crippen molar-refractivity contribution in [3.8, 4) is 0 Å². The maximum atomic E-state index is 11.1. The largest absolute Gasteiger partial charge is 0.388 e. The van der Waals surface area contributed by atoms with Crippen molar-refractivity contribution in [3.63, 3.8) is 0 Å². The first-order valence-electron chi connectivity index (χ1n) is 9.71. The van der Waals surface area contributed by atoms with Crippen molar-refractivity contribution in [1.82, 2.24) is 0 Å². The molecule has 1 rings (SSSR count). The van der Waals surface area contributed by atoms with Gasteiger partial charge in [0.1, 0.15) is 0 Å². The van der Waals surface area contributed by atoms with Gasteiger partial charge < -0.3 is 5.11 Å². The van der Waals surface area contributed by atoms with Crippen LogP contribution in [-0.2, 0) is 0 Å². The number of hydrogen-bond acceptors (Lipinski definition) is 1. The lowest BCUT2D eigenvalue weighted by atomic mass is 9.78. The van der Waals surface area contributed by atoms with Gasteiger partial charge in [-0.15, -0.1) is 6.58 Å². The van der Waals surface area contributed by atoms with E-state index in [-0.39, 0.29) is 5.92 Å². The molecule has 1 aromatic rings. The second-order valence-electron chi connectivity index (χ2n) is 7.13. The minimum atomic E-state index is -0.485. The van der Waals surface area contributed by atoms with E-state index in [4.69, 9.17) is 0 Å². The summed E-state index contributed by atoms with van der Waals surface area (Å²) in [6.45, 7) is 16.8. The maximum absolute atomic E-state index is 11.1. The van der Waals surface area contributed by atoms with Crippen LogP contribution < -0.4 is 10.4 Å². The smallest absolute Gasteiger partial charge is 0.0821 e. The molecule has 1 N–H and O–H groups in total. The van der Waals surface area contributed by atoms with Gasteiger partial charge in [0, 0.05) is 0 Å². The quantitative estimate of drug-likeness (QED) is 0.604. The summed E-state index contributed by atoms with van der Waals surface area (Å²) in [7, 11) is 0. The van der Waals surface area contributed by atoms with Gasteiger partial charge in [0.2, 0.25) is 0 Å². The molecular weight excluding hydrogens is 304 g/mol. The maximum Gasteiger partial charge on any atom is 0.0821 e. The highest BCUT2D eigenvalue weighted by Gasteiger charge is 2.24. The zero-order chi connectivity index (χ0) is 18.8. The van der Waals surface area contributed by atoms with Crippen molar-refractivity contribution in [2.45, 2.75) is 59.5 Å². The molecule has 1 aromatic carbocycles. The Morgan fingerprint density at radius 2 is 1.92 bits per heavy atom. The minimum Gasteiger partial charge on any atom is -0.388 e. The molecule has 1 nitrogen and oxygen atoms in total. The Hall–Kier alpha value is -1.60. The molecule has 0 radical (unpaired) electrons. The number of allylic oxidation sites excluding steroid dienone is 2. The summed E-state index contributed by atoms with van der Waals surface area (Å²) in [5, 5.41) is 13.1. The Bertz CT molecular complexity index is 655. The first-order valence-corrected chi connectivity index (χ1v) is 9.71.